The number of aromatic nitrogens is 3. The molecule has 0 aliphatic heterocycles. The van der Waals surface area contributed by atoms with Gasteiger partial charge in [0, 0.05) is 12.0 Å². The van der Waals surface area contributed by atoms with Gasteiger partial charge in [-0.3, -0.25) is 0 Å². The van der Waals surface area contributed by atoms with E-state index in [0.717, 1.165) is 18.2 Å². The van der Waals surface area contributed by atoms with Crippen LogP contribution in [0.1, 0.15) is 39.3 Å². The zero-order chi connectivity index (χ0) is 10.1. The van der Waals surface area contributed by atoms with Crippen LogP contribution >= 0.6 is 0 Å². The summed E-state index contributed by atoms with van der Waals surface area (Å²) in [5, 5.41) is 8.22. The largest absolute Gasteiger partial charge is 0.324 e. The van der Waals surface area contributed by atoms with Crippen LogP contribution in [-0.2, 0) is 18.5 Å². The maximum atomic E-state index is 5.56. The van der Waals surface area contributed by atoms with E-state index in [-0.39, 0.29) is 5.41 Å². The number of hydrogen-bond acceptors (Lipinski definition) is 3. The average molecular weight is 182 g/mol. The van der Waals surface area contributed by atoms with Gasteiger partial charge < -0.3 is 10.3 Å². The van der Waals surface area contributed by atoms with E-state index in [9.17, 15) is 0 Å². The van der Waals surface area contributed by atoms with Gasteiger partial charge in [-0.25, -0.2) is 0 Å². The molecular formula is C9H18N4. The van der Waals surface area contributed by atoms with Crippen molar-refractivity contribution in [2.75, 3.05) is 0 Å². The first-order valence-corrected chi connectivity index (χ1v) is 4.63. The van der Waals surface area contributed by atoms with Gasteiger partial charge in [0.25, 0.3) is 0 Å². The molecular weight excluding hydrogens is 164 g/mol. The molecule has 0 radical (unpaired) electrons. The number of nitrogens with zero attached hydrogens (tertiary/aromatic N) is 3. The molecule has 0 spiro atoms. The predicted octanol–water partition coefficient (Wildman–Crippen LogP) is 1.05. The molecule has 0 aliphatic rings. The maximum absolute atomic E-state index is 5.56. The minimum absolute atomic E-state index is 0.0381. The minimum Gasteiger partial charge on any atom is -0.324 e. The zero-order valence-electron chi connectivity index (χ0n) is 8.83. The van der Waals surface area contributed by atoms with Gasteiger partial charge in [-0.1, -0.05) is 20.8 Å². The van der Waals surface area contributed by atoms with E-state index in [1.807, 2.05) is 0 Å². The molecule has 0 saturated heterocycles. The van der Waals surface area contributed by atoms with E-state index in [0.29, 0.717) is 6.54 Å². The zero-order valence-corrected chi connectivity index (χ0v) is 8.83. The van der Waals surface area contributed by atoms with Crippen molar-refractivity contribution in [2.45, 2.75) is 46.2 Å². The summed E-state index contributed by atoms with van der Waals surface area (Å²) in [7, 11) is 0. The Balaban J connectivity index is 3.16. The lowest BCUT2D eigenvalue weighted by Gasteiger charge is -2.18. The molecule has 1 aromatic rings. The van der Waals surface area contributed by atoms with Crippen molar-refractivity contribution in [3.8, 4) is 0 Å². The Kier molecular flexibility index (Phi) is 2.71. The second-order valence-electron chi connectivity index (χ2n) is 4.14. The second kappa shape index (κ2) is 3.46. The molecule has 1 heterocycles. The van der Waals surface area contributed by atoms with Crippen molar-refractivity contribution < 1.29 is 0 Å². The van der Waals surface area contributed by atoms with Crippen LogP contribution in [0.2, 0.25) is 0 Å². The molecule has 4 heteroatoms. The first kappa shape index (κ1) is 10.2. The third-order valence-electron chi connectivity index (χ3n) is 2.00. The van der Waals surface area contributed by atoms with E-state index in [4.69, 9.17) is 5.73 Å². The van der Waals surface area contributed by atoms with Gasteiger partial charge in [0.15, 0.2) is 0 Å². The van der Waals surface area contributed by atoms with Crippen LogP contribution in [0.3, 0.4) is 0 Å². The highest BCUT2D eigenvalue weighted by Crippen LogP contribution is 2.20. The summed E-state index contributed by atoms with van der Waals surface area (Å²) >= 11 is 0. The quantitative estimate of drug-likeness (QED) is 0.744. The Morgan fingerprint density at radius 2 is 1.92 bits per heavy atom. The van der Waals surface area contributed by atoms with Gasteiger partial charge in [-0.2, -0.15) is 0 Å². The summed E-state index contributed by atoms with van der Waals surface area (Å²) in [4.78, 5) is 0. The highest BCUT2D eigenvalue weighted by molar-refractivity contribution is 5.05. The van der Waals surface area contributed by atoms with Crippen LogP contribution < -0.4 is 5.73 Å². The average Bonchev–Trinajstić information content (AvgIpc) is 2.45. The van der Waals surface area contributed by atoms with Gasteiger partial charge in [0.05, 0.1) is 6.54 Å². The fraction of sp³-hybridized carbons (Fsp3) is 0.778. The summed E-state index contributed by atoms with van der Waals surface area (Å²) in [6.07, 6.45) is 0. The van der Waals surface area contributed by atoms with Crippen molar-refractivity contribution in [3.05, 3.63) is 11.6 Å². The number of hydrogen-bond donors (Lipinski definition) is 1. The van der Waals surface area contributed by atoms with Gasteiger partial charge in [0.1, 0.15) is 11.6 Å². The third-order valence-corrected chi connectivity index (χ3v) is 2.00. The normalized spacial score (nSPS) is 12.1. The lowest BCUT2D eigenvalue weighted by atomic mass is 9.96. The van der Waals surface area contributed by atoms with Crippen molar-refractivity contribution in [3.63, 3.8) is 0 Å². The molecule has 0 fully saturated rings. The Morgan fingerprint density at radius 3 is 2.31 bits per heavy atom. The molecule has 4 nitrogen and oxygen atoms in total. The van der Waals surface area contributed by atoms with Gasteiger partial charge in [-0.15, -0.1) is 10.2 Å². The molecule has 0 bridgehead atoms. The van der Waals surface area contributed by atoms with Crippen molar-refractivity contribution in [1.29, 1.82) is 0 Å². The second-order valence-corrected chi connectivity index (χ2v) is 4.14. The molecule has 0 amide bonds. The molecule has 1 aromatic heterocycles. The molecule has 0 aromatic carbocycles. The van der Waals surface area contributed by atoms with Gasteiger partial charge in [0.2, 0.25) is 0 Å². The van der Waals surface area contributed by atoms with Crippen molar-refractivity contribution in [1.82, 2.24) is 14.8 Å². The monoisotopic (exact) mass is 182 g/mol. The fourth-order valence-electron chi connectivity index (χ4n) is 1.37. The van der Waals surface area contributed by atoms with Crippen LogP contribution in [-0.4, -0.2) is 14.8 Å². The topological polar surface area (TPSA) is 56.7 Å². The Labute approximate surface area is 79.2 Å². The number of rotatable bonds is 2. The molecule has 74 valence electrons. The standard InChI is InChI=1S/C9H18N4/c1-5-13-7(6-10)11-12-8(13)9(2,3)4/h5-6,10H2,1-4H3. The summed E-state index contributed by atoms with van der Waals surface area (Å²) in [6.45, 7) is 9.80. The van der Waals surface area contributed by atoms with Crippen LogP contribution in [0.5, 0.6) is 0 Å². The molecule has 1 rings (SSSR count). The lowest BCUT2D eigenvalue weighted by molar-refractivity contribution is 0.499. The van der Waals surface area contributed by atoms with Crippen LogP contribution in [0.15, 0.2) is 0 Å². The summed E-state index contributed by atoms with van der Waals surface area (Å²) in [5.41, 5.74) is 5.60. The van der Waals surface area contributed by atoms with Crippen LogP contribution in [0.4, 0.5) is 0 Å². The van der Waals surface area contributed by atoms with E-state index in [2.05, 4.69) is 42.5 Å². The third kappa shape index (κ3) is 1.88. The highest BCUT2D eigenvalue weighted by Gasteiger charge is 2.22. The SMILES string of the molecule is CCn1c(CN)nnc1C(C)(C)C. The van der Waals surface area contributed by atoms with E-state index >= 15 is 0 Å². The molecule has 2 N–H and O–H groups in total. The smallest absolute Gasteiger partial charge is 0.146 e. The van der Waals surface area contributed by atoms with Crippen molar-refractivity contribution >= 4 is 0 Å². The molecule has 0 saturated carbocycles. The predicted molar refractivity (Wildman–Crippen MR) is 52.3 cm³/mol. The first-order chi connectivity index (χ1) is 6.00. The Morgan fingerprint density at radius 1 is 1.31 bits per heavy atom. The van der Waals surface area contributed by atoms with E-state index < -0.39 is 0 Å². The molecule has 13 heavy (non-hydrogen) atoms. The Hall–Kier alpha value is -0.900. The van der Waals surface area contributed by atoms with Crippen molar-refractivity contribution in [2.24, 2.45) is 5.73 Å². The number of nitrogens with two attached hydrogens (primary N) is 1. The molecule has 0 atom stereocenters. The summed E-state index contributed by atoms with van der Waals surface area (Å²) in [6, 6.07) is 0. The van der Waals surface area contributed by atoms with E-state index in [1.54, 1.807) is 0 Å². The van der Waals surface area contributed by atoms with Gasteiger partial charge in [-0.05, 0) is 6.92 Å². The van der Waals surface area contributed by atoms with Crippen LogP contribution in [0.25, 0.3) is 0 Å². The lowest BCUT2D eigenvalue weighted by Crippen LogP contribution is -2.20. The molecule has 0 unspecified atom stereocenters. The minimum atomic E-state index is 0.0381. The van der Waals surface area contributed by atoms with Crippen LogP contribution in [0, 0.1) is 0 Å². The fourth-order valence-corrected chi connectivity index (χ4v) is 1.37. The Bertz CT molecular complexity index is 282. The summed E-state index contributed by atoms with van der Waals surface area (Å²) in [5.74, 6) is 1.88. The highest BCUT2D eigenvalue weighted by atomic mass is 15.3. The van der Waals surface area contributed by atoms with Gasteiger partial charge >= 0.3 is 0 Å². The maximum Gasteiger partial charge on any atom is 0.146 e. The molecule has 0 aliphatic carbocycles. The first-order valence-electron chi connectivity index (χ1n) is 4.63. The summed E-state index contributed by atoms with van der Waals surface area (Å²) < 4.78 is 2.08. The van der Waals surface area contributed by atoms with E-state index in [1.165, 1.54) is 0 Å².